The minimum Gasteiger partial charge on any atom is -0.466 e. The Morgan fingerprint density at radius 2 is 2.29 bits per heavy atom. The highest BCUT2D eigenvalue weighted by Gasteiger charge is 2.33. The molecule has 21 heavy (non-hydrogen) atoms. The fraction of sp³-hybridized carbons (Fsp3) is 0.800. The standard InChI is InChI=1S/C15H23N3O3/c1-3-20-15(19)12-5-4-8-18(9-12)10(2)14-16-13(17-21-14)11-6-7-11/h10-12H,3-9H2,1-2H3/t10-,12+/m0/s1. The molecule has 1 aliphatic carbocycles. The van der Waals surface area contributed by atoms with Gasteiger partial charge in [0, 0.05) is 12.5 Å². The van der Waals surface area contributed by atoms with E-state index in [0.29, 0.717) is 25.0 Å². The maximum absolute atomic E-state index is 11.9. The van der Waals surface area contributed by atoms with E-state index in [1.807, 2.05) is 6.92 Å². The first-order valence-electron chi connectivity index (χ1n) is 7.93. The molecule has 0 unspecified atom stereocenters. The molecule has 0 amide bonds. The van der Waals surface area contributed by atoms with Crippen LogP contribution >= 0.6 is 0 Å². The first-order valence-corrected chi connectivity index (χ1v) is 7.93. The third-order valence-corrected chi connectivity index (χ3v) is 4.38. The number of esters is 1. The van der Waals surface area contributed by atoms with Gasteiger partial charge in [-0.05, 0) is 46.1 Å². The number of likely N-dealkylation sites (tertiary alicyclic amines) is 1. The van der Waals surface area contributed by atoms with Crippen molar-refractivity contribution in [2.45, 2.75) is 51.5 Å². The Morgan fingerprint density at radius 1 is 1.48 bits per heavy atom. The predicted molar refractivity (Wildman–Crippen MR) is 75.6 cm³/mol. The third kappa shape index (κ3) is 3.26. The second kappa shape index (κ2) is 6.13. The molecule has 2 fully saturated rings. The lowest BCUT2D eigenvalue weighted by Crippen LogP contribution is -2.40. The summed E-state index contributed by atoms with van der Waals surface area (Å²) in [6.07, 6.45) is 4.24. The van der Waals surface area contributed by atoms with Crippen molar-refractivity contribution in [2.75, 3.05) is 19.7 Å². The van der Waals surface area contributed by atoms with Gasteiger partial charge in [0.2, 0.25) is 5.89 Å². The average molecular weight is 293 g/mol. The van der Waals surface area contributed by atoms with Gasteiger partial charge >= 0.3 is 5.97 Å². The van der Waals surface area contributed by atoms with Gasteiger partial charge in [-0.25, -0.2) is 0 Å². The Kier molecular flexibility index (Phi) is 4.24. The van der Waals surface area contributed by atoms with Crippen LogP contribution in [-0.4, -0.2) is 40.7 Å². The van der Waals surface area contributed by atoms with Gasteiger partial charge in [-0.1, -0.05) is 5.16 Å². The average Bonchev–Trinajstić information content (AvgIpc) is 3.24. The maximum atomic E-state index is 11.9. The second-order valence-electron chi connectivity index (χ2n) is 6.03. The molecule has 1 aromatic heterocycles. The van der Waals surface area contributed by atoms with Crippen LogP contribution in [0.4, 0.5) is 0 Å². The molecule has 0 aromatic carbocycles. The van der Waals surface area contributed by atoms with Crippen LogP contribution in [0.2, 0.25) is 0 Å². The van der Waals surface area contributed by atoms with Gasteiger partial charge in [0.1, 0.15) is 0 Å². The minimum atomic E-state index is -0.0846. The molecule has 1 saturated heterocycles. The van der Waals surface area contributed by atoms with Crippen LogP contribution in [0.5, 0.6) is 0 Å². The molecule has 3 rings (SSSR count). The lowest BCUT2D eigenvalue weighted by molar-refractivity contribution is -0.150. The summed E-state index contributed by atoms with van der Waals surface area (Å²) < 4.78 is 10.5. The lowest BCUT2D eigenvalue weighted by Gasteiger charge is -2.34. The number of nitrogens with zero attached hydrogens (tertiary/aromatic N) is 3. The summed E-state index contributed by atoms with van der Waals surface area (Å²) in [5, 5.41) is 4.07. The van der Waals surface area contributed by atoms with Crippen molar-refractivity contribution in [3.8, 4) is 0 Å². The second-order valence-corrected chi connectivity index (χ2v) is 6.03. The molecule has 0 radical (unpaired) electrons. The van der Waals surface area contributed by atoms with Gasteiger partial charge in [-0.3, -0.25) is 9.69 Å². The molecule has 0 N–H and O–H groups in total. The van der Waals surface area contributed by atoms with E-state index in [4.69, 9.17) is 9.26 Å². The highest BCUT2D eigenvalue weighted by atomic mass is 16.5. The first kappa shape index (κ1) is 14.5. The van der Waals surface area contributed by atoms with Gasteiger partial charge < -0.3 is 9.26 Å². The Morgan fingerprint density at radius 3 is 3.00 bits per heavy atom. The van der Waals surface area contributed by atoms with Crippen molar-refractivity contribution in [3.05, 3.63) is 11.7 Å². The molecule has 2 aliphatic rings. The van der Waals surface area contributed by atoms with E-state index in [-0.39, 0.29) is 17.9 Å². The summed E-state index contributed by atoms with van der Waals surface area (Å²) in [7, 11) is 0. The SMILES string of the molecule is CCOC(=O)[C@@H]1CCCN([C@@H](C)c2nc(C3CC3)no2)C1. The summed E-state index contributed by atoms with van der Waals surface area (Å²) in [6.45, 7) is 6.02. The summed E-state index contributed by atoms with van der Waals surface area (Å²) >= 11 is 0. The van der Waals surface area contributed by atoms with E-state index >= 15 is 0 Å². The number of aromatic nitrogens is 2. The normalized spacial score (nSPS) is 24.8. The quantitative estimate of drug-likeness (QED) is 0.776. The van der Waals surface area contributed by atoms with Gasteiger partial charge in [0.25, 0.3) is 0 Å². The lowest BCUT2D eigenvalue weighted by atomic mass is 9.97. The first-order chi connectivity index (χ1) is 10.2. The highest BCUT2D eigenvalue weighted by Crippen LogP contribution is 2.38. The molecule has 0 spiro atoms. The van der Waals surface area contributed by atoms with E-state index in [9.17, 15) is 4.79 Å². The largest absolute Gasteiger partial charge is 0.466 e. The molecule has 6 nitrogen and oxygen atoms in total. The fourth-order valence-corrected chi connectivity index (χ4v) is 2.89. The molecular weight excluding hydrogens is 270 g/mol. The number of ether oxygens (including phenoxy) is 1. The van der Waals surface area contributed by atoms with Crippen molar-refractivity contribution in [1.29, 1.82) is 0 Å². The molecular formula is C15H23N3O3. The predicted octanol–water partition coefficient (Wildman–Crippen LogP) is 2.28. The van der Waals surface area contributed by atoms with Gasteiger partial charge in [-0.2, -0.15) is 4.98 Å². The number of rotatable bonds is 5. The fourth-order valence-electron chi connectivity index (χ4n) is 2.89. The molecule has 116 valence electrons. The van der Waals surface area contributed by atoms with Gasteiger partial charge in [0.15, 0.2) is 5.82 Å². The van der Waals surface area contributed by atoms with E-state index < -0.39 is 0 Å². The van der Waals surface area contributed by atoms with Crippen molar-refractivity contribution in [1.82, 2.24) is 15.0 Å². The van der Waals surface area contributed by atoms with E-state index in [2.05, 4.69) is 22.0 Å². The summed E-state index contributed by atoms with van der Waals surface area (Å²) in [5.74, 6) is 1.89. The Labute approximate surface area is 124 Å². The topological polar surface area (TPSA) is 68.5 Å². The number of hydrogen-bond acceptors (Lipinski definition) is 6. The molecule has 1 aliphatic heterocycles. The number of carbonyl (C=O) groups excluding carboxylic acids is 1. The summed E-state index contributed by atoms with van der Waals surface area (Å²) in [4.78, 5) is 18.7. The molecule has 2 atom stereocenters. The summed E-state index contributed by atoms with van der Waals surface area (Å²) in [6, 6.07) is 0.0576. The van der Waals surface area contributed by atoms with Crippen LogP contribution in [-0.2, 0) is 9.53 Å². The number of piperidine rings is 1. The summed E-state index contributed by atoms with van der Waals surface area (Å²) in [5.41, 5.74) is 0. The van der Waals surface area contributed by atoms with Crippen LogP contribution in [0.15, 0.2) is 4.52 Å². The van der Waals surface area contributed by atoms with Crippen molar-refractivity contribution in [2.24, 2.45) is 5.92 Å². The zero-order valence-electron chi connectivity index (χ0n) is 12.7. The van der Waals surface area contributed by atoms with Crippen LogP contribution in [0, 0.1) is 5.92 Å². The maximum Gasteiger partial charge on any atom is 0.310 e. The van der Waals surface area contributed by atoms with Crippen LogP contribution in [0.25, 0.3) is 0 Å². The minimum absolute atomic E-state index is 0.0352. The molecule has 1 aromatic rings. The molecule has 0 bridgehead atoms. The van der Waals surface area contributed by atoms with Crippen molar-refractivity contribution >= 4 is 5.97 Å². The number of hydrogen-bond donors (Lipinski definition) is 0. The third-order valence-electron chi connectivity index (χ3n) is 4.38. The Hall–Kier alpha value is -1.43. The zero-order valence-corrected chi connectivity index (χ0v) is 12.7. The van der Waals surface area contributed by atoms with E-state index in [1.54, 1.807) is 0 Å². The van der Waals surface area contributed by atoms with Gasteiger partial charge in [-0.15, -0.1) is 0 Å². The van der Waals surface area contributed by atoms with Gasteiger partial charge in [0.05, 0.1) is 18.6 Å². The smallest absolute Gasteiger partial charge is 0.310 e. The Bertz CT molecular complexity index is 498. The molecule has 1 saturated carbocycles. The van der Waals surface area contributed by atoms with Crippen LogP contribution in [0.3, 0.4) is 0 Å². The van der Waals surface area contributed by atoms with Crippen LogP contribution in [0.1, 0.15) is 63.2 Å². The van der Waals surface area contributed by atoms with Crippen molar-refractivity contribution in [3.63, 3.8) is 0 Å². The van der Waals surface area contributed by atoms with E-state index in [1.165, 1.54) is 12.8 Å². The highest BCUT2D eigenvalue weighted by molar-refractivity contribution is 5.72. The monoisotopic (exact) mass is 293 g/mol. The number of carbonyl (C=O) groups is 1. The van der Waals surface area contributed by atoms with Crippen molar-refractivity contribution < 1.29 is 14.1 Å². The zero-order chi connectivity index (χ0) is 14.8. The van der Waals surface area contributed by atoms with E-state index in [0.717, 1.165) is 25.2 Å². The Balaban J connectivity index is 1.62. The molecule has 6 heteroatoms. The molecule has 2 heterocycles. The van der Waals surface area contributed by atoms with Crippen LogP contribution < -0.4 is 0 Å².